The van der Waals surface area contributed by atoms with Gasteiger partial charge in [0.1, 0.15) is 17.3 Å². The quantitative estimate of drug-likeness (QED) is 0.451. The number of Topliss-reactive ketones (excluding diaryl/α,β-unsaturated/α-hetero) is 1. The smallest absolute Gasteiger partial charge is 0.167 e. The second-order valence-electron chi connectivity index (χ2n) is 11.3. The van der Waals surface area contributed by atoms with Crippen LogP contribution in [0.1, 0.15) is 51.7 Å². The van der Waals surface area contributed by atoms with Gasteiger partial charge in [0.25, 0.3) is 0 Å². The highest BCUT2D eigenvalue weighted by Gasteiger charge is 2.48. The first-order valence-electron chi connectivity index (χ1n) is 13.7. The van der Waals surface area contributed by atoms with Crippen LogP contribution >= 0.6 is 0 Å². The molecule has 5 nitrogen and oxygen atoms in total. The predicted octanol–water partition coefficient (Wildman–Crippen LogP) is 5.32. The Labute approximate surface area is 223 Å². The van der Waals surface area contributed by atoms with Gasteiger partial charge >= 0.3 is 0 Å². The van der Waals surface area contributed by atoms with Crippen molar-refractivity contribution < 1.29 is 19.4 Å². The van der Waals surface area contributed by atoms with Crippen LogP contribution in [0.3, 0.4) is 0 Å². The number of aromatic hydroxyl groups is 2. The third kappa shape index (κ3) is 4.50. The Kier molecular flexibility index (Phi) is 6.70. The summed E-state index contributed by atoms with van der Waals surface area (Å²) in [5.74, 6) is -0.492. The molecule has 0 aromatic heterocycles. The third-order valence-corrected chi connectivity index (χ3v) is 9.29. The van der Waals surface area contributed by atoms with Crippen LogP contribution in [0, 0.1) is 24.6 Å². The molecule has 0 saturated carbocycles. The molecule has 3 aromatic carbocycles. The number of halogens is 1. The van der Waals surface area contributed by atoms with Gasteiger partial charge < -0.3 is 15.1 Å². The Balaban J connectivity index is 1.49. The fraction of sp³-hybridized carbons (Fsp3) is 0.406. The number of likely N-dealkylation sites (tertiary alicyclic amines) is 1. The van der Waals surface area contributed by atoms with Crippen molar-refractivity contribution in [3.8, 4) is 11.5 Å². The molecule has 4 saturated heterocycles. The SMILES string of the molecule is Cc1c(F)cccc1[C@H]1[C@@H](C(=O)c2cccc(O)c2)CN(C2CN3CCC2CC3)C[C@H]1c1ccccc1O. The molecule has 198 valence electrons. The Morgan fingerprint density at radius 2 is 1.63 bits per heavy atom. The monoisotopic (exact) mass is 514 g/mol. The van der Waals surface area contributed by atoms with E-state index in [1.165, 1.54) is 25.0 Å². The lowest BCUT2D eigenvalue weighted by Gasteiger charge is -2.53. The summed E-state index contributed by atoms with van der Waals surface area (Å²) in [6, 6.07) is 19.4. The van der Waals surface area contributed by atoms with Gasteiger partial charge in [-0.05, 0) is 79.7 Å². The fourth-order valence-corrected chi connectivity index (χ4v) is 7.34. The zero-order chi connectivity index (χ0) is 26.4. The first kappa shape index (κ1) is 25.1. The Morgan fingerprint density at radius 1 is 0.895 bits per heavy atom. The fourth-order valence-electron chi connectivity index (χ4n) is 7.34. The zero-order valence-corrected chi connectivity index (χ0v) is 21.8. The number of carbonyl (C=O) groups excluding carboxylic acids is 1. The molecule has 0 aliphatic carbocycles. The summed E-state index contributed by atoms with van der Waals surface area (Å²) in [5, 5.41) is 21.2. The van der Waals surface area contributed by atoms with Crippen molar-refractivity contribution in [2.75, 3.05) is 32.7 Å². The van der Waals surface area contributed by atoms with Gasteiger partial charge in [0.15, 0.2) is 5.78 Å². The summed E-state index contributed by atoms with van der Waals surface area (Å²) < 4.78 is 14.9. The number of phenols is 2. The second kappa shape index (κ2) is 10.2. The van der Waals surface area contributed by atoms with E-state index < -0.39 is 5.92 Å². The Hall–Kier alpha value is -3.22. The van der Waals surface area contributed by atoms with Gasteiger partial charge in [-0.1, -0.05) is 42.5 Å². The minimum Gasteiger partial charge on any atom is -0.508 e. The summed E-state index contributed by atoms with van der Waals surface area (Å²) in [6.45, 7) is 6.30. The van der Waals surface area contributed by atoms with E-state index in [1.807, 2.05) is 24.3 Å². The van der Waals surface area contributed by atoms with Crippen LogP contribution in [-0.4, -0.2) is 64.6 Å². The van der Waals surface area contributed by atoms with Crippen LogP contribution in [-0.2, 0) is 0 Å². The maximum atomic E-state index is 14.9. The number of hydrogen-bond acceptors (Lipinski definition) is 5. The molecule has 6 heteroatoms. The van der Waals surface area contributed by atoms with Gasteiger partial charge in [0, 0.05) is 49.0 Å². The number of phenolic OH excluding ortho intramolecular Hbond substituents is 2. The van der Waals surface area contributed by atoms with E-state index in [0.717, 1.165) is 30.8 Å². The highest BCUT2D eigenvalue weighted by Crippen LogP contribution is 2.49. The van der Waals surface area contributed by atoms with E-state index in [2.05, 4.69) is 9.80 Å². The van der Waals surface area contributed by atoms with Gasteiger partial charge in [0.2, 0.25) is 0 Å². The molecule has 0 amide bonds. The molecule has 1 unspecified atom stereocenters. The summed E-state index contributed by atoms with van der Waals surface area (Å²) in [4.78, 5) is 19.3. The molecular weight excluding hydrogens is 479 g/mol. The summed E-state index contributed by atoms with van der Waals surface area (Å²) in [6.07, 6.45) is 2.33. The number of hydrogen-bond donors (Lipinski definition) is 2. The normalized spacial score (nSPS) is 29.3. The van der Waals surface area contributed by atoms with Crippen LogP contribution in [0.5, 0.6) is 11.5 Å². The van der Waals surface area contributed by atoms with Gasteiger partial charge in [0.05, 0.1) is 0 Å². The number of ketones is 1. The molecule has 0 spiro atoms. The van der Waals surface area contributed by atoms with Crippen molar-refractivity contribution >= 4 is 5.78 Å². The maximum absolute atomic E-state index is 14.9. The largest absolute Gasteiger partial charge is 0.508 e. The van der Waals surface area contributed by atoms with Gasteiger partial charge in [-0.3, -0.25) is 9.69 Å². The molecule has 2 N–H and O–H groups in total. The summed E-state index contributed by atoms with van der Waals surface area (Å²) in [5.41, 5.74) is 2.61. The van der Waals surface area contributed by atoms with E-state index in [4.69, 9.17) is 0 Å². The standard InChI is InChI=1S/C32H35FN2O3/c1-20-24(9-5-10-28(20)33)31-26(25-8-2-3-11-30(25)37)17-35(29-19-34-14-12-21(29)13-15-34)18-27(31)32(38)22-6-4-7-23(36)16-22/h2-11,16,21,26-27,29,31,36-37H,12-15,17-19H2,1H3/t26-,27-,29?,31+/m0/s1. The lowest BCUT2D eigenvalue weighted by Crippen LogP contribution is -2.61. The van der Waals surface area contributed by atoms with Crippen LogP contribution in [0.4, 0.5) is 4.39 Å². The number of benzene rings is 3. The third-order valence-electron chi connectivity index (χ3n) is 9.29. The molecule has 4 fully saturated rings. The van der Waals surface area contributed by atoms with Gasteiger partial charge in [-0.25, -0.2) is 4.39 Å². The maximum Gasteiger partial charge on any atom is 0.167 e. The first-order valence-corrected chi connectivity index (χ1v) is 13.7. The molecule has 4 atom stereocenters. The van der Waals surface area contributed by atoms with E-state index in [0.29, 0.717) is 36.2 Å². The van der Waals surface area contributed by atoms with E-state index in [9.17, 15) is 19.4 Å². The first-order chi connectivity index (χ1) is 18.4. The van der Waals surface area contributed by atoms with Gasteiger partial charge in [-0.15, -0.1) is 0 Å². The van der Waals surface area contributed by atoms with E-state index in [1.54, 1.807) is 37.3 Å². The molecule has 4 heterocycles. The molecule has 3 aromatic rings. The van der Waals surface area contributed by atoms with Crippen molar-refractivity contribution in [3.63, 3.8) is 0 Å². The Morgan fingerprint density at radius 3 is 2.34 bits per heavy atom. The number of rotatable bonds is 5. The number of fused-ring (bicyclic) bond motifs is 3. The van der Waals surface area contributed by atoms with Gasteiger partial charge in [-0.2, -0.15) is 0 Å². The molecule has 2 bridgehead atoms. The second-order valence-corrected chi connectivity index (χ2v) is 11.3. The average molecular weight is 515 g/mol. The lowest BCUT2D eigenvalue weighted by atomic mass is 9.66. The van der Waals surface area contributed by atoms with Crippen LogP contribution in [0.15, 0.2) is 66.7 Å². The lowest BCUT2D eigenvalue weighted by molar-refractivity contribution is -0.0191. The minimum atomic E-state index is -0.467. The molecule has 0 radical (unpaired) electrons. The Bertz CT molecular complexity index is 1340. The molecule has 4 aliphatic heterocycles. The number of para-hydroxylation sites is 1. The van der Waals surface area contributed by atoms with Crippen molar-refractivity contribution in [2.45, 2.75) is 37.6 Å². The van der Waals surface area contributed by atoms with Crippen LogP contribution in [0.2, 0.25) is 0 Å². The number of carbonyl (C=O) groups is 1. The van der Waals surface area contributed by atoms with E-state index >= 15 is 0 Å². The van der Waals surface area contributed by atoms with Crippen LogP contribution in [0.25, 0.3) is 0 Å². The molecular formula is C32H35FN2O3. The average Bonchev–Trinajstić information content (AvgIpc) is 2.94. The van der Waals surface area contributed by atoms with Crippen LogP contribution < -0.4 is 0 Å². The minimum absolute atomic E-state index is 0.0524. The highest BCUT2D eigenvalue weighted by molar-refractivity contribution is 5.99. The predicted molar refractivity (Wildman–Crippen MR) is 145 cm³/mol. The summed E-state index contributed by atoms with van der Waals surface area (Å²) in [7, 11) is 0. The topological polar surface area (TPSA) is 64.0 Å². The van der Waals surface area contributed by atoms with Crippen molar-refractivity contribution in [1.29, 1.82) is 0 Å². The highest BCUT2D eigenvalue weighted by atomic mass is 19.1. The number of nitrogens with zero attached hydrogens (tertiary/aromatic N) is 2. The van der Waals surface area contributed by atoms with Crippen molar-refractivity contribution in [1.82, 2.24) is 9.80 Å². The van der Waals surface area contributed by atoms with Crippen molar-refractivity contribution in [3.05, 3.63) is 94.8 Å². The number of piperidine rings is 4. The summed E-state index contributed by atoms with van der Waals surface area (Å²) >= 11 is 0. The van der Waals surface area contributed by atoms with Crippen molar-refractivity contribution in [2.24, 2.45) is 11.8 Å². The zero-order valence-electron chi connectivity index (χ0n) is 21.8. The molecule has 4 aliphatic rings. The molecule has 7 rings (SSSR count). The molecule has 38 heavy (non-hydrogen) atoms. The van der Waals surface area contributed by atoms with E-state index in [-0.39, 0.29) is 34.9 Å².